The third kappa shape index (κ3) is 2.46. The number of amides is 1. The Bertz CT molecular complexity index is 409. The Hall–Kier alpha value is -2.04. The van der Waals surface area contributed by atoms with E-state index in [1.807, 2.05) is 0 Å². The van der Waals surface area contributed by atoms with Gasteiger partial charge in [-0.2, -0.15) is 0 Å². The second-order valence-electron chi connectivity index (χ2n) is 2.66. The van der Waals surface area contributed by atoms with E-state index < -0.39 is 23.1 Å². The Kier molecular flexibility index (Phi) is 3.28. The summed E-state index contributed by atoms with van der Waals surface area (Å²) in [4.78, 5) is 14.6. The summed E-state index contributed by atoms with van der Waals surface area (Å²) in [6, 6.07) is 0. The fraction of sp³-hybridized carbons (Fsp3) is 0. The van der Waals surface area contributed by atoms with E-state index in [-0.39, 0.29) is 5.70 Å². The molecule has 0 aliphatic heterocycles. The van der Waals surface area contributed by atoms with Crippen LogP contribution in [0.3, 0.4) is 0 Å². The predicted molar refractivity (Wildman–Crippen MR) is 51.0 cm³/mol. The molecule has 0 radical (unpaired) electrons. The molecular formula is C10H8F2N2O. The van der Waals surface area contributed by atoms with E-state index >= 15 is 0 Å². The van der Waals surface area contributed by atoms with Crippen LogP contribution in [0.1, 0.15) is 10.4 Å². The molecule has 1 amide bonds. The number of hydrogen-bond acceptors (Lipinski definition) is 2. The van der Waals surface area contributed by atoms with Gasteiger partial charge in [0.2, 0.25) is 0 Å². The number of rotatable bonds is 3. The van der Waals surface area contributed by atoms with Crippen molar-refractivity contribution in [3.8, 4) is 0 Å². The highest BCUT2D eigenvalue weighted by Gasteiger charge is 2.17. The first kappa shape index (κ1) is 11.0. The molecule has 1 aromatic rings. The summed E-state index contributed by atoms with van der Waals surface area (Å²) in [5, 5.41) is 2.17. The summed E-state index contributed by atoms with van der Waals surface area (Å²) in [5.74, 6) is -2.97. The molecule has 0 spiro atoms. The molecule has 5 heteroatoms. The SMILES string of the molecule is C=CC(=C)NC(=O)c1c(F)cncc1F. The fourth-order valence-electron chi connectivity index (χ4n) is 0.888. The first-order valence-corrected chi connectivity index (χ1v) is 3.98. The molecule has 1 aromatic heterocycles. The number of halogens is 2. The fourth-order valence-corrected chi connectivity index (χ4v) is 0.888. The first-order valence-electron chi connectivity index (χ1n) is 3.98. The molecular weight excluding hydrogens is 202 g/mol. The maximum Gasteiger partial charge on any atom is 0.261 e. The summed E-state index contributed by atoms with van der Waals surface area (Å²) in [7, 11) is 0. The predicted octanol–water partition coefficient (Wildman–Crippen LogP) is 1.79. The van der Waals surface area contributed by atoms with Gasteiger partial charge in [-0.1, -0.05) is 13.2 Å². The van der Waals surface area contributed by atoms with Crippen LogP contribution in [0.15, 0.2) is 37.3 Å². The lowest BCUT2D eigenvalue weighted by Gasteiger charge is -2.05. The number of carbonyl (C=O) groups is 1. The first-order chi connectivity index (χ1) is 7.06. The van der Waals surface area contributed by atoms with Crippen molar-refractivity contribution in [3.63, 3.8) is 0 Å². The highest BCUT2D eigenvalue weighted by molar-refractivity contribution is 5.95. The molecule has 0 unspecified atom stereocenters. The Balaban J connectivity index is 3.01. The van der Waals surface area contributed by atoms with E-state index in [1.165, 1.54) is 6.08 Å². The summed E-state index contributed by atoms with van der Waals surface area (Å²) in [5.41, 5.74) is -0.524. The number of carbonyl (C=O) groups excluding carboxylic acids is 1. The number of allylic oxidation sites excluding steroid dienone is 1. The molecule has 1 heterocycles. The number of nitrogens with zero attached hydrogens (tertiary/aromatic N) is 1. The van der Waals surface area contributed by atoms with Gasteiger partial charge in [-0.05, 0) is 6.08 Å². The van der Waals surface area contributed by atoms with E-state index in [0.717, 1.165) is 12.4 Å². The smallest absolute Gasteiger partial charge is 0.261 e. The van der Waals surface area contributed by atoms with Crippen LogP contribution in [0, 0.1) is 11.6 Å². The zero-order valence-corrected chi connectivity index (χ0v) is 7.76. The summed E-state index contributed by atoms with van der Waals surface area (Å²) in [6.45, 7) is 6.73. The van der Waals surface area contributed by atoms with Gasteiger partial charge in [-0.25, -0.2) is 8.78 Å². The molecule has 0 fully saturated rings. The Morgan fingerprint density at radius 2 is 1.93 bits per heavy atom. The average molecular weight is 210 g/mol. The zero-order valence-electron chi connectivity index (χ0n) is 7.76. The second-order valence-corrected chi connectivity index (χ2v) is 2.66. The topological polar surface area (TPSA) is 42.0 Å². The molecule has 0 atom stereocenters. The van der Waals surface area contributed by atoms with Crippen LogP contribution < -0.4 is 5.32 Å². The Morgan fingerprint density at radius 1 is 1.40 bits per heavy atom. The van der Waals surface area contributed by atoms with Gasteiger partial charge in [-0.3, -0.25) is 9.78 Å². The van der Waals surface area contributed by atoms with Gasteiger partial charge in [0, 0.05) is 5.70 Å². The standard InChI is InChI=1S/C10H8F2N2O/c1-3-6(2)14-10(15)9-7(11)4-13-5-8(9)12/h3-5H,1-2H2,(H,14,15). The van der Waals surface area contributed by atoms with Crippen LogP contribution in [0.5, 0.6) is 0 Å². The average Bonchev–Trinajstić information content (AvgIpc) is 2.17. The highest BCUT2D eigenvalue weighted by atomic mass is 19.1. The number of hydrogen-bond donors (Lipinski definition) is 1. The van der Waals surface area contributed by atoms with Crippen molar-refractivity contribution in [2.24, 2.45) is 0 Å². The third-order valence-corrected chi connectivity index (χ3v) is 1.60. The minimum absolute atomic E-state index is 0.163. The summed E-state index contributed by atoms with van der Waals surface area (Å²) in [6.07, 6.45) is 2.78. The molecule has 0 saturated heterocycles. The molecule has 0 saturated carbocycles. The van der Waals surface area contributed by atoms with E-state index in [0.29, 0.717) is 0 Å². The zero-order chi connectivity index (χ0) is 11.4. The van der Waals surface area contributed by atoms with Crippen LogP contribution in [-0.2, 0) is 0 Å². The minimum atomic E-state index is -1.02. The van der Waals surface area contributed by atoms with Gasteiger partial charge < -0.3 is 5.32 Å². The molecule has 15 heavy (non-hydrogen) atoms. The Labute approximate surface area is 85.1 Å². The van der Waals surface area contributed by atoms with Crippen LogP contribution >= 0.6 is 0 Å². The van der Waals surface area contributed by atoms with E-state index in [1.54, 1.807) is 0 Å². The number of pyridine rings is 1. The number of aromatic nitrogens is 1. The normalized spacial score (nSPS) is 9.47. The summed E-state index contributed by atoms with van der Waals surface area (Å²) >= 11 is 0. The second kappa shape index (κ2) is 4.45. The van der Waals surface area contributed by atoms with Crippen LogP contribution in [0.4, 0.5) is 8.78 Å². The van der Waals surface area contributed by atoms with Gasteiger partial charge in [0.05, 0.1) is 12.4 Å². The van der Waals surface area contributed by atoms with E-state index in [9.17, 15) is 13.6 Å². The van der Waals surface area contributed by atoms with Crippen molar-refractivity contribution in [1.82, 2.24) is 10.3 Å². The number of nitrogens with one attached hydrogen (secondary N) is 1. The Morgan fingerprint density at radius 3 is 2.40 bits per heavy atom. The van der Waals surface area contributed by atoms with Crippen molar-refractivity contribution in [2.75, 3.05) is 0 Å². The molecule has 78 valence electrons. The van der Waals surface area contributed by atoms with Crippen molar-refractivity contribution >= 4 is 5.91 Å². The largest absolute Gasteiger partial charge is 0.322 e. The third-order valence-electron chi connectivity index (χ3n) is 1.60. The summed E-state index contributed by atoms with van der Waals surface area (Å²) < 4.78 is 26.1. The van der Waals surface area contributed by atoms with Crippen molar-refractivity contribution in [2.45, 2.75) is 0 Å². The quantitative estimate of drug-likeness (QED) is 0.773. The van der Waals surface area contributed by atoms with Crippen LogP contribution in [0.25, 0.3) is 0 Å². The maximum atomic E-state index is 13.0. The van der Waals surface area contributed by atoms with E-state index in [2.05, 4.69) is 23.5 Å². The van der Waals surface area contributed by atoms with Gasteiger partial charge in [0.25, 0.3) is 5.91 Å². The molecule has 1 N–H and O–H groups in total. The van der Waals surface area contributed by atoms with Gasteiger partial charge in [0.1, 0.15) is 5.56 Å². The molecule has 0 bridgehead atoms. The van der Waals surface area contributed by atoms with Crippen molar-refractivity contribution in [3.05, 3.63) is 54.5 Å². The lowest BCUT2D eigenvalue weighted by molar-refractivity contribution is 0.0959. The molecule has 0 aliphatic carbocycles. The van der Waals surface area contributed by atoms with Gasteiger partial charge in [0.15, 0.2) is 11.6 Å². The minimum Gasteiger partial charge on any atom is -0.322 e. The van der Waals surface area contributed by atoms with Gasteiger partial charge in [-0.15, -0.1) is 0 Å². The monoisotopic (exact) mass is 210 g/mol. The molecule has 3 nitrogen and oxygen atoms in total. The van der Waals surface area contributed by atoms with Gasteiger partial charge >= 0.3 is 0 Å². The van der Waals surface area contributed by atoms with Crippen molar-refractivity contribution < 1.29 is 13.6 Å². The molecule has 0 aliphatic rings. The van der Waals surface area contributed by atoms with Crippen molar-refractivity contribution in [1.29, 1.82) is 0 Å². The van der Waals surface area contributed by atoms with Crippen LogP contribution in [0.2, 0.25) is 0 Å². The van der Waals surface area contributed by atoms with Crippen LogP contribution in [-0.4, -0.2) is 10.9 Å². The van der Waals surface area contributed by atoms with E-state index in [4.69, 9.17) is 0 Å². The maximum absolute atomic E-state index is 13.0. The molecule has 1 rings (SSSR count). The molecule has 0 aromatic carbocycles. The lowest BCUT2D eigenvalue weighted by atomic mass is 10.2. The lowest BCUT2D eigenvalue weighted by Crippen LogP contribution is -2.23. The highest BCUT2D eigenvalue weighted by Crippen LogP contribution is 2.10.